The van der Waals surface area contributed by atoms with Crippen LogP contribution < -0.4 is 5.32 Å². The summed E-state index contributed by atoms with van der Waals surface area (Å²) in [5.41, 5.74) is 0.680. The average Bonchev–Trinajstić information content (AvgIpc) is 2.70. The molecule has 0 bridgehead atoms. The van der Waals surface area contributed by atoms with Gasteiger partial charge in [0.1, 0.15) is 11.6 Å². The van der Waals surface area contributed by atoms with E-state index in [9.17, 15) is 8.78 Å². The van der Waals surface area contributed by atoms with Crippen LogP contribution >= 0.6 is 0 Å². The first-order valence-corrected chi connectivity index (χ1v) is 7.88. The van der Waals surface area contributed by atoms with Crippen molar-refractivity contribution in [3.8, 4) is 0 Å². The second kappa shape index (κ2) is 7.72. The van der Waals surface area contributed by atoms with Crippen molar-refractivity contribution in [3.63, 3.8) is 0 Å². The minimum atomic E-state index is -0.491. The molecule has 1 unspecified atom stereocenters. The Labute approximate surface area is 120 Å². The van der Waals surface area contributed by atoms with Crippen molar-refractivity contribution >= 4 is 0 Å². The molecule has 1 aliphatic rings. The largest absolute Gasteiger partial charge is 0.316 e. The van der Waals surface area contributed by atoms with Crippen LogP contribution in [-0.4, -0.2) is 13.1 Å². The van der Waals surface area contributed by atoms with Crippen molar-refractivity contribution in [1.29, 1.82) is 0 Å². The zero-order valence-corrected chi connectivity index (χ0v) is 12.3. The molecule has 1 nitrogen and oxygen atoms in total. The van der Waals surface area contributed by atoms with E-state index in [4.69, 9.17) is 0 Å². The second-order valence-corrected chi connectivity index (χ2v) is 5.83. The minimum Gasteiger partial charge on any atom is -0.316 e. The van der Waals surface area contributed by atoms with Gasteiger partial charge in [-0.1, -0.05) is 38.7 Å². The first-order valence-electron chi connectivity index (χ1n) is 7.88. The van der Waals surface area contributed by atoms with Gasteiger partial charge in [0.15, 0.2) is 0 Å². The normalized spacial score (nSPS) is 18.8. The van der Waals surface area contributed by atoms with E-state index in [2.05, 4.69) is 12.2 Å². The molecule has 0 amide bonds. The molecule has 3 heteroatoms. The Morgan fingerprint density at radius 3 is 2.45 bits per heavy atom. The third-order valence-electron chi connectivity index (χ3n) is 4.45. The molecule has 112 valence electrons. The molecule has 1 aromatic rings. The standard InChI is InChI=1S/C17H25F2N/c1-2-20-12-16(13-7-5-3-4-6-8-13)15-10-9-14(18)11-17(15)19/h9-11,13,16,20H,2-8,12H2,1H3. The van der Waals surface area contributed by atoms with E-state index in [1.165, 1.54) is 31.7 Å². The van der Waals surface area contributed by atoms with Gasteiger partial charge in [0.05, 0.1) is 0 Å². The fourth-order valence-electron chi connectivity index (χ4n) is 3.35. The van der Waals surface area contributed by atoms with Crippen molar-refractivity contribution in [1.82, 2.24) is 5.32 Å². The van der Waals surface area contributed by atoms with Crippen LogP contribution in [0.5, 0.6) is 0 Å². The second-order valence-electron chi connectivity index (χ2n) is 5.83. The molecule has 0 heterocycles. The van der Waals surface area contributed by atoms with Crippen LogP contribution in [-0.2, 0) is 0 Å². The number of hydrogen-bond acceptors (Lipinski definition) is 1. The van der Waals surface area contributed by atoms with Crippen molar-refractivity contribution in [2.45, 2.75) is 51.4 Å². The van der Waals surface area contributed by atoms with E-state index in [-0.39, 0.29) is 5.92 Å². The quantitative estimate of drug-likeness (QED) is 0.776. The Morgan fingerprint density at radius 2 is 1.85 bits per heavy atom. The van der Waals surface area contributed by atoms with E-state index in [1.807, 2.05) is 0 Å². The SMILES string of the molecule is CCNCC(c1ccc(F)cc1F)C1CCCCCC1. The molecule has 1 aromatic carbocycles. The Bertz CT molecular complexity index is 411. The zero-order chi connectivity index (χ0) is 14.4. The van der Waals surface area contributed by atoms with Crippen LogP contribution in [0.4, 0.5) is 8.78 Å². The van der Waals surface area contributed by atoms with Gasteiger partial charge in [-0.25, -0.2) is 8.78 Å². The monoisotopic (exact) mass is 281 g/mol. The van der Waals surface area contributed by atoms with Crippen molar-refractivity contribution < 1.29 is 8.78 Å². The predicted octanol–water partition coefficient (Wildman–Crippen LogP) is 4.63. The van der Waals surface area contributed by atoms with Crippen molar-refractivity contribution in [2.24, 2.45) is 5.92 Å². The van der Waals surface area contributed by atoms with Gasteiger partial charge in [-0.05, 0) is 36.9 Å². The molecule has 20 heavy (non-hydrogen) atoms. The van der Waals surface area contributed by atoms with E-state index in [0.29, 0.717) is 11.5 Å². The van der Waals surface area contributed by atoms with Crippen LogP contribution in [0.25, 0.3) is 0 Å². The zero-order valence-electron chi connectivity index (χ0n) is 12.3. The van der Waals surface area contributed by atoms with Gasteiger partial charge in [0.25, 0.3) is 0 Å². The fourth-order valence-corrected chi connectivity index (χ4v) is 3.35. The van der Waals surface area contributed by atoms with Gasteiger partial charge in [-0.2, -0.15) is 0 Å². The predicted molar refractivity (Wildman–Crippen MR) is 78.8 cm³/mol. The van der Waals surface area contributed by atoms with Gasteiger partial charge in [0, 0.05) is 18.5 Å². The highest BCUT2D eigenvalue weighted by Gasteiger charge is 2.26. The Kier molecular flexibility index (Phi) is 5.96. The van der Waals surface area contributed by atoms with E-state index >= 15 is 0 Å². The van der Waals surface area contributed by atoms with Crippen LogP contribution in [0.15, 0.2) is 18.2 Å². The average molecular weight is 281 g/mol. The Balaban J connectivity index is 2.20. The lowest BCUT2D eigenvalue weighted by Gasteiger charge is -2.27. The summed E-state index contributed by atoms with van der Waals surface area (Å²) in [5, 5.41) is 3.35. The number of halogens is 2. The molecule has 1 atom stereocenters. The van der Waals surface area contributed by atoms with Crippen molar-refractivity contribution in [3.05, 3.63) is 35.4 Å². The maximum Gasteiger partial charge on any atom is 0.129 e. The lowest BCUT2D eigenvalue weighted by molar-refractivity contribution is 0.354. The van der Waals surface area contributed by atoms with E-state index in [0.717, 1.165) is 32.0 Å². The van der Waals surface area contributed by atoms with E-state index < -0.39 is 11.6 Å². The third kappa shape index (κ3) is 4.02. The lowest BCUT2D eigenvalue weighted by atomic mass is 9.81. The number of likely N-dealkylation sites (N-methyl/N-ethyl adjacent to an activating group) is 1. The molecule has 0 spiro atoms. The Morgan fingerprint density at radius 1 is 1.15 bits per heavy atom. The summed E-state index contributed by atoms with van der Waals surface area (Å²) in [7, 11) is 0. The van der Waals surface area contributed by atoms with Gasteiger partial charge >= 0.3 is 0 Å². The summed E-state index contributed by atoms with van der Waals surface area (Å²) in [4.78, 5) is 0. The summed E-state index contributed by atoms with van der Waals surface area (Å²) >= 11 is 0. The van der Waals surface area contributed by atoms with Gasteiger partial charge < -0.3 is 5.32 Å². The molecule has 1 aliphatic carbocycles. The first-order chi connectivity index (χ1) is 9.72. The Hall–Kier alpha value is -0.960. The maximum atomic E-state index is 14.1. The van der Waals surface area contributed by atoms with Gasteiger partial charge in [-0.3, -0.25) is 0 Å². The van der Waals surface area contributed by atoms with Crippen LogP contribution in [0.3, 0.4) is 0 Å². The third-order valence-corrected chi connectivity index (χ3v) is 4.45. The number of rotatable bonds is 5. The first kappa shape index (κ1) is 15.4. The number of hydrogen-bond donors (Lipinski definition) is 1. The van der Waals surface area contributed by atoms with Crippen molar-refractivity contribution in [2.75, 3.05) is 13.1 Å². The summed E-state index contributed by atoms with van der Waals surface area (Å²) in [6, 6.07) is 4.04. The highest BCUT2D eigenvalue weighted by atomic mass is 19.1. The molecule has 1 N–H and O–H groups in total. The summed E-state index contributed by atoms with van der Waals surface area (Å²) < 4.78 is 27.2. The van der Waals surface area contributed by atoms with Gasteiger partial charge in [0.2, 0.25) is 0 Å². The highest BCUT2D eigenvalue weighted by Crippen LogP contribution is 2.36. The summed E-state index contributed by atoms with van der Waals surface area (Å²) in [5.74, 6) is -0.211. The maximum absolute atomic E-state index is 14.1. The molecule has 0 radical (unpaired) electrons. The lowest BCUT2D eigenvalue weighted by Crippen LogP contribution is -2.27. The molecule has 1 fully saturated rings. The number of nitrogens with one attached hydrogen (secondary N) is 1. The topological polar surface area (TPSA) is 12.0 Å². The van der Waals surface area contributed by atoms with Gasteiger partial charge in [-0.15, -0.1) is 0 Å². The molecule has 0 aromatic heterocycles. The molecular weight excluding hydrogens is 256 g/mol. The molecule has 1 saturated carbocycles. The fraction of sp³-hybridized carbons (Fsp3) is 0.647. The molecule has 0 saturated heterocycles. The summed E-state index contributed by atoms with van der Waals surface area (Å²) in [6.07, 6.45) is 7.36. The smallest absolute Gasteiger partial charge is 0.129 e. The van der Waals surface area contributed by atoms with Crippen LogP contribution in [0.1, 0.15) is 56.9 Å². The minimum absolute atomic E-state index is 0.161. The van der Waals surface area contributed by atoms with Crippen LogP contribution in [0, 0.1) is 17.6 Å². The van der Waals surface area contributed by atoms with Crippen LogP contribution in [0.2, 0.25) is 0 Å². The molecular formula is C17H25F2N. The molecule has 2 rings (SSSR count). The number of benzene rings is 1. The van der Waals surface area contributed by atoms with E-state index in [1.54, 1.807) is 6.07 Å². The molecule has 0 aliphatic heterocycles. The summed E-state index contributed by atoms with van der Waals surface area (Å²) in [6.45, 7) is 3.72. The highest BCUT2D eigenvalue weighted by molar-refractivity contribution is 5.24.